The molecule has 0 amide bonds. The average molecular weight is 259 g/mol. The fraction of sp³-hybridized carbons (Fsp3) is 0.286. The van der Waals surface area contributed by atoms with Gasteiger partial charge in [-0.1, -0.05) is 0 Å². The van der Waals surface area contributed by atoms with Crippen LogP contribution >= 0.6 is 0 Å². The molecule has 2 aromatic rings. The Morgan fingerprint density at radius 3 is 2.63 bits per heavy atom. The van der Waals surface area contributed by atoms with Gasteiger partial charge in [-0.25, -0.2) is 9.97 Å². The van der Waals surface area contributed by atoms with E-state index >= 15 is 0 Å². The molecule has 1 aromatic heterocycles. The molecule has 2 N–H and O–H groups in total. The largest absolute Gasteiger partial charge is 0.497 e. The number of nitrogens with two attached hydrogens (primary N) is 1. The van der Waals surface area contributed by atoms with Gasteiger partial charge in [0.15, 0.2) is 0 Å². The Morgan fingerprint density at radius 1 is 1.21 bits per heavy atom. The minimum Gasteiger partial charge on any atom is -0.497 e. The number of aryl methyl sites for hydroxylation is 1. The van der Waals surface area contributed by atoms with Gasteiger partial charge in [-0.3, -0.25) is 0 Å². The molecule has 5 nitrogen and oxygen atoms in total. The van der Waals surface area contributed by atoms with Crippen molar-refractivity contribution in [3.05, 3.63) is 35.8 Å². The normalized spacial score (nSPS) is 10.3. The molecule has 0 atom stereocenters. The minimum atomic E-state index is 0.311. The first kappa shape index (κ1) is 13.3. The van der Waals surface area contributed by atoms with Crippen LogP contribution in [0.4, 0.5) is 0 Å². The molecule has 1 heterocycles. The average Bonchev–Trinajstić information content (AvgIpc) is 2.46. The zero-order chi connectivity index (χ0) is 13.8. The maximum Gasteiger partial charge on any atom is 0.142 e. The number of aromatic nitrogens is 2. The molecule has 0 aliphatic carbocycles. The van der Waals surface area contributed by atoms with Crippen LogP contribution in [0.3, 0.4) is 0 Å². The summed E-state index contributed by atoms with van der Waals surface area (Å²) in [5, 5.41) is 0. The molecule has 0 unspecified atom stereocenters. The number of rotatable bonds is 4. The van der Waals surface area contributed by atoms with Crippen molar-refractivity contribution in [2.24, 2.45) is 5.73 Å². The summed E-state index contributed by atoms with van der Waals surface area (Å²) in [6.07, 6.45) is 1.70. The third-order valence-electron chi connectivity index (χ3n) is 2.87. The molecule has 0 fully saturated rings. The van der Waals surface area contributed by atoms with Crippen molar-refractivity contribution in [3.63, 3.8) is 0 Å². The van der Waals surface area contributed by atoms with Crippen LogP contribution in [-0.2, 0) is 6.54 Å². The van der Waals surface area contributed by atoms with Crippen molar-refractivity contribution in [2.45, 2.75) is 13.5 Å². The summed E-state index contributed by atoms with van der Waals surface area (Å²) in [6, 6.07) is 5.63. The fourth-order valence-corrected chi connectivity index (χ4v) is 1.97. The van der Waals surface area contributed by atoms with Crippen molar-refractivity contribution in [2.75, 3.05) is 14.2 Å². The van der Waals surface area contributed by atoms with E-state index in [0.717, 1.165) is 28.3 Å². The molecule has 1 aromatic carbocycles. The maximum atomic E-state index is 5.57. The lowest BCUT2D eigenvalue weighted by molar-refractivity contribution is 0.395. The van der Waals surface area contributed by atoms with Gasteiger partial charge in [-0.15, -0.1) is 0 Å². The first-order valence-electron chi connectivity index (χ1n) is 5.94. The van der Waals surface area contributed by atoms with Crippen LogP contribution in [0.15, 0.2) is 24.4 Å². The van der Waals surface area contributed by atoms with Crippen LogP contribution in [0.25, 0.3) is 11.3 Å². The topological polar surface area (TPSA) is 70.3 Å². The number of methoxy groups -OCH3 is 2. The third kappa shape index (κ3) is 2.66. The zero-order valence-electron chi connectivity index (χ0n) is 11.3. The Balaban J connectivity index is 2.60. The summed E-state index contributed by atoms with van der Waals surface area (Å²) in [5.74, 6) is 2.08. The summed E-state index contributed by atoms with van der Waals surface area (Å²) in [6.45, 7) is 2.30. The van der Waals surface area contributed by atoms with Crippen molar-refractivity contribution < 1.29 is 9.47 Å². The smallest absolute Gasteiger partial charge is 0.142 e. The molecule has 0 aliphatic rings. The van der Waals surface area contributed by atoms with Gasteiger partial charge in [-0.2, -0.15) is 0 Å². The highest BCUT2D eigenvalue weighted by Crippen LogP contribution is 2.35. The van der Waals surface area contributed by atoms with Gasteiger partial charge < -0.3 is 15.2 Å². The van der Waals surface area contributed by atoms with Crippen molar-refractivity contribution in [3.8, 4) is 22.8 Å². The molecule has 19 heavy (non-hydrogen) atoms. The van der Waals surface area contributed by atoms with Crippen LogP contribution in [0.5, 0.6) is 11.5 Å². The van der Waals surface area contributed by atoms with Crippen LogP contribution in [0, 0.1) is 6.92 Å². The first-order valence-corrected chi connectivity index (χ1v) is 5.94. The molecule has 100 valence electrons. The highest BCUT2D eigenvalue weighted by atomic mass is 16.5. The maximum absolute atomic E-state index is 5.57. The van der Waals surface area contributed by atoms with Gasteiger partial charge in [0.25, 0.3) is 0 Å². The summed E-state index contributed by atoms with van der Waals surface area (Å²) in [5.41, 5.74) is 8.33. The van der Waals surface area contributed by atoms with Gasteiger partial charge in [-0.05, 0) is 24.6 Å². The van der Waals surface area contributed by atoms with E-state index in [0.29, 0.717) is 12.4 Å². The van der Waals surface area contributed by atoms with Gasteiger partial charge >= 0.3 is 0 Å². The van der Waals surface area contributed by atoms with E-state index in [-0.39, 0.29) is 0 Å². The molecule has 0 saturated heterocycles. The molecular weight excluding hydrogens is 242 g/mol. The fourth-order valence-electron chi connectivity index (χ4n) is 1.97. The second kappa shape index (κ2) is 5.67. The Morgan fingerprint density at radius 2 is 2.00 bits per heavy atom. The second-order valence-electron chi connectivity index (χ2n) is 4.08. The van der Waals surface area contributed by atoms with E-state index < -0.39 is 0 Å². The number of nitrogens with zero attached hydrogens (tertiary/aromatic N) is 2. The van der Waals surface area contributed by atoms with E-state index in [9.17, 15) is 0 Å². The van der Waals surface area contributed by atoms with Gasteiger partial charge in [0, 0.05) is 17.8 Å². The van der Waals surface area contributed by atoms with E-state index in [1.54, 1.807) is 20.4 Å². The zero-order valence-corrected chi connectivity index (χ0v) is 11.3. The Labute approximate surface area is 112 Å². The summed E-state index contributed by atoms with van der Waals surface area (Å²) < 4.78 is 10.7. The van der Waals surface area contributed by atoms with Gasteiger partial charge in [0.2, 0.25) is 0 Å². The minimum absolute atomic E-state index is 0.311. The number of ether oxygens (including phenoxy) is 2. The Bertz CT molecular complexity index is 585. The van der Waals surface area contributed by atoms with Crippen molar-refractivity contribution in [1.82, 2.24) is 9.97 Å². The van der Waals surface area contributed by atoms with Crippen LogP contribution in [0.2, 0.25) is 0 Å². The predicted molar refractivity (Wildman–Crippen MR) is 73.2 cm³/mol. The Kier molecular flexibility index (Phi) is 3.97. The van der Waals surface area contributed by atoms with Crippen LogP contribution < -0.4 is 15.2 Å². The quantitative estimate of drug-likeness (QED) is 0.908. The predicted octanol–water partition coefficient (Wildman–Crippen LogP) is 1.93. The number of hydrogen-bond donors (Lipinski definition) is 1. The van der Waals surface area contributed by atoms with Gasteiger partial charge in [0.1, 0.15) is 17.3 Å². The van der Waals surface area contributed by atoms with Crippen LogP contribution in [0.1, 0.15) is 11.4 Å². The molecule has 0 aliphatic heterocycles. The molecule has 0 spiro atoms. The number of benzene rings is 1. The molecule has 0 bridgehead atoms. The number of hydrogen-bond acceptors (Lipinski definition) is 5. The highest BCUT2D eigenvalue weighted by molar-refractivity contribution is 5.72. The Hall–Kier alpha value is -2.14. The molecule has 0 radical (unpaired) electrons. The third-order valence-corrected chi connectivity index (χ3v) is 2.87. The van der Waals surface area contributed by atoms with Crippen LogP contribution in [-0.4, -0.2) is 24.2 Å². The summed E-state index contributed by atoms with van der Waals surface area (Å²) in [4.78, 5) is 8.53. The first-order chi connectivity index (χ1) is 9.19. The molecule has 5 heteroatoms. The molecule has 0 saturated carbocycles. The van der Waals surface area contributed by atoms with E-state index in [1.165, 1.54) is 0 Å². The summed E-state index contributed by atoms with van der Waals surface area (Å²) in [7, 11) is 3.26. The lowest BCUT2D eigenvalue weighted by atomic mass is 10.0. The monoisotopic (exact) mass is 259 g/mol. The van der Waals surface area contributed by atoms with E-state index in [4.69, 9.17) is 15.2 Å². The molecule has 2 rings (SSSR count). The summed E-state index contributed by atoms with van der Waals surface area (Å²) >= 11 is 0. The SMILES string of the molecule is COc1cc(C)c(-c2ccnc(CN)n2)c(OC)c1. The van der Waals surface area contributed by atoms with E-state index in [1.807, 2.05) is 25.1 Å². The van der Waals surface area contributed by atoms with Crippen molar-refractivity contribution in [1.29, 1.82) is 0 Å². The van der Waals surface area contributed by atoms with E-state index in [2.05, 4.69) is 9.97 Å². The molecular formula is C14H17N3O2. The standard InChI is InChI=1S/C14H17N3O2/c1-9-6-10(18-2)7-12(19-3)14(9)11-4-5-16-13(8-15)17-11/h4-7H,8,15H2,1-3H3. The van der Waals surface area contributed by atoms with Gasteiger partial charge in [0.05, 0.1) is 26.5 Å². The lowest BCUT2D eigenvalue weighted by Crippen LogP contribution is -2.04. The highest BCUT2D eigenvalue weighted by Gasteiger charge is 2.13. The van der Waals surface area contributed by atoms with Crippen molar-refractivity contribution >= 4 is 0 Å². The lowest BCUT2D eigenvalue weighted by Gasteiger charge is -2.13. The second-order valence-corrected chi connectivity index (χ2v) is 4.08.